The highest BCUT2D eigenvalue weighted by atomic mass is 19.2. The number of methoxy groups -OCH3 is 1. The molecule has 0 saturated heterocycles. The number of nitrogens with zero attached hydrogens (tertiary/aromatic N) is 1. The fourth-order valence-electron chi connectivity index (χ4n) is 6.11. The van der Waals surface area contributed by atoms with E-state index in [9.17, 15) is 54.3 Å². The van der Waals surface area contributed by atoms with Gasteiger partial charge in [0.15, 0.2) is 52.1 Å². The lowest BCUT2D eigenvalue weighted by molar-refractivity contribution is -0.150. The first-order valence-corrected chi connectivity index (χ1v) is 20.6. The van der Waals surface area contributed by atoms with Crippen LogP contribution in [0.15, 0.2) is 85.1 Å². The van der Waals surface area contributed by atoms with Crippen LogP contribution in [0, 0.1) is 46.5 Å². The van der Waals surface area contributed by atoms with E-state index >= 15 is 0 Å². The van der Waals surface area contributed by atoms with Gasteiger partial charge in [-0.25, -0.2) is 40.1 Å². The Balaban J connectivity index is 0.000000351. The number of benzene rings is 4. The molecule has 368 valence electrons. The third-order valence-electron chi connectivity index (χ3n) is 9.19. The van der Waals surface area contributed by atoms with Crippen molar-refractivity contribution >= 4 is 23.8 Å². The Morgan fingerprint density at radius 1 is 0.647 bits per heavy atom. The quantitative estimate of drug-likeness (QED) is 0.0336. The Labute approximate surface area is 387 Å². The molecule has 1 heterocycles. The normalized spacial score (nSPS) is 11.8. The Bertz CT molecular complexity index is 2310. The van der Waals surface area contributed by atoms with Crippen molar-refractivity contribution in [2.45, 2.75) is 85.0 Å². The van der Waals surface area contributed by atoms with E-state index in [2.05, 4.69) is 9.72 Å². The Kier molecular flexibility index (Phi) is 23.1. The summed E-state index contributed by atoms with van der Waals surface area (Å²) in [4.78, 5) is 48.7. The molecule has 0 aliphatic rings. The second kappa shape index (κ2) is 27.5. The topological polar surface area (TPSA) is 179 Å². The van der Waals surface area contributed by atoms with Gasteiger partial charge in [0.1, 0.15) is 29.9 Å². The zero-order valence-electron chi connectivity index (χ0n) is 38.2. The highest BCUT2D eigenvalue weighted by Crippen LogP contribution is 2.34. The fourth-order valence-corrected chi connectivity index (χ4v) is 6.11. The third-order valence-corrected chi connectivity index (χ3v) is 9.19. The highest BCUT2D eigenvalue weighted by Gasteiger charge is 2.29. The monoisotopic (exact) mass is 965 g/mol. The molecule has 0 aliphatic heterocycles. The van der Waals surface area contributed by atoms with E-state index in [1.165, 1.54) is 64.4 Å². The molecule has 0 bridgehead atoms. The van der Waals surface area contributed by atoms with Gasteiger partial charge in [-0.3, -0.25) is 19.2 Å². The van der Waals surface area contributed by atoms with Gasteiger partial charge in [0.2, 0.25) is 6.79 Å². The number of rotatable bonds is 15. The van der Waals surface area contributed by atoms with Crippen molar-refractivity contribution < 1.29 is 78.0 Å². The van der Waals surface area contributed by atoms with E-state index in [0.29, 0.717) is 24.3 Å². The van der Waals surface area contributed by atoms with Crippen LogP contribution in [0.1, 0.15) is 99.5 Å². The number of hydrogen-bond donors (Lipinski definition) is 2. The number of esters is 3. The molecule has 4 aromatic carbocycles. The summed E-state index contributed by atoms with van der Waals surface area (Å²) in [5.74, 6) is -14.0. The summed E-state index contributed by atoms with van der Waals surface area (Å²) in [6.45, 7) is 11.0. The largest absolute Gasteiger partial charge is 0.493 e. The molecule has 68 heavy (non-hydrogen) atoms. The number of amides is 1. The van der Waals surface area contributed by atoms with E-state index in [-0.39, 0.29) is 59.1 Å². The van der Waals surface area contributed by atoms with Gasteiger partial charge in [0, 0.05) is 37.4 Å². The molecule has 12 nitrogen and oxygen atoms in total. The van der Waals surface area contributed by atoms with Gasteiger partial charge in [0.05, 0.1) is 7.11 Å². The number of ether oxygens (including phenoxy) is 5. The van der Waals surface area contributed by atoms with Crippen molar-refractivity contribution in [2.24, 2.45) is 11.5 Å². The van der Waals surface area contributed by atoms with Crippen LogP contribution in [0.4, 0.5) is 35.1 Å². The van der Waals surface area contributed by atoms with Gasteiger partial charge >= 0.3 is 17.9 Å². The number of carbonyl (C=O) groups is 4. The molecule has 0 fully saturated rings. The van der Waals surface area contributed by atoms with E-state index in [0.717, 1.165) is 11.1 Å². The number of nitrogens with two attached hydrogens (primary N) is 2. The maximum absolute atomic E-state index is 13.6. The summed E-state index contributed by atoms with van der Waals surface area (Å²) in [5.41, 5.74) is 11.6. The first kappa shape index (κ1) is 57.0. The number of pyridine rings is 1. The summed E-state index contributed by atoms with van der Waals surface area (Å²) in [6, 6.07) is 15.1. The van der Waals surface area contributed by atoms with Crippen LogP contribution in [0.5, 0.6) is 11.5 Å². The van der Waals surface area contributed by atoms with Gasteiger partial charge in [-0.1, -0.05) is 45.0 Å². The second-order valence-corrected chi connectivity index (χ2v) is 14.1. The van der Waals surface area contributed by atoms with E-state index in [1.807, 2.05) is 13.8 Å². The minimum Gasteiger partial charge on any atom is -0.493 e. The minimum absolute atomic E-state index is 0.0185. The van der Waals surface area contributed by atoms with E-state index in [4.69, 9.17) is 30.4 Å². The number of carbonyl (C=O) groups excluding carboxylic acids is 4. The van der Waals surface area contributed by atoms with E-state index < -0.39 is 82.9 Å². The summed E-state index contributed by atoms with van der Waals surface area (Å²) >= 11 is 0. The summed E-state index contributed by atoms with van der Waals surface area (Å²) < 4.78 is 132. The molecule has 1 aromatic heterocycles. The number of halogens is 8. The zero-order valence-corrected chi connectivity index (χ0v) is 38.2. The van der Waals surface area contributed by atoms with Crippen molar-refractivity contribution in [2.75, 3.05) is 13.9 Å². The van der Waals surface area contributed by atoms with E-state index in [1.54, 1.807) is 38.1 Å². The predicted molar refractivity (Wildman–Crippen MR) is 232 cm³/mol. The highest BCUT2D eigenvalue weighted by molar-refractivity contribution is 5.94. The summed E-state index contributed by atoms with van der Waals surface area (Å²) in [6.07, 6.45) is -0.326. The van der Waals surface area contributed by atoms with Crippen molar-refractivity contribution in [3.05, 3.63) is 160 Å². The Morgan fingerprint density at radius 3 is 1.43 bits per heavy atom. The van der Waals surface area contributed by atoms with Crippen molar-refractivity contribution in [1.29, 1.82) is 0 Å². The molecule has 5 aromatic rings. The minimum atomic E-state index is -1.72. The number of primary amides is 1. The summed E-state index contributed by atoms with van der Waals surface area (Å²) in [5, 5.41) is 0. The van der Waals surface area contributed by atoms with Crippen LogP contribution in [0.3, 0.4) is 0 Å². The first-order valence-electron chi connectivity index (χ1n) is 20.6. The molecule has 1 amide bonds. The maximum atomic E-state index is 13.6. The Hall–Kier alpha value is -7.09. The van der Waals surface area contributed by atoms with Gasteiger partial charge in [-0.05, 0) is 91.6 Å². The van der Waals surface area contributed by atoms with Gasteiger partial charge < -0.3 is 35.2 Å². The average Bonchev–Trinajstić information content (AvgIpc) is 3.29. The first-order chi connectivity index (χ1) is 32.1. The van der Waals surface area contributed by atoms with Gasteiger partial charge in [-0.2, -0.15) is 0 Å². The Morgan fingerprint density at radius 2 is 1.06 bits per heavy atom. The van der Waals surface area contributed by atoms with Gasteiger partial charge in [0.25, 0.3) is 5.91 Å². The maximum Gasteiger partial charge on any atom is 0.322 e. The lowest BCUT2D eigenvalue weighted by Crippen LogP contribution is -2.33. The van der Waals surface area contributed by atoms with Crippen molar-refractivity contribution in [3.63, 3.8) is 0 Å². The predicted octanol–water partition coefficient (Wildman–Crippen LogP) is 9.49. The standard InChI is InChI=1S/C18H14F6O2.C18H19F2NO2.C10H12N2O5.C2H6/c1-3-15(25)26-8(2)16(9-4-11(19)17(23)12(20)5-9)10-6-13(21)18(24)14(22)7-10;1-11(21)18(22)23-12(2)17(13-3-7-15(19)8-4-13)14-5-9-16(20)10-6-14;1-6(13)16-5-17-9-7(15-2)3-4-12-8(9)10(11)14;1-2/h4-8,16H,3H2,1-2H3;3-12,17H,21H2,1-2H3;3-4H,5H2,1-2H3,(H2,11,14);1-2H3. The lowest BCUT2D eigenvalue weighted by Gasteiger charge is -2.26. The fraction of sp³-hybridized carbons (Fsp3) is 0.312. The van der Waals surface area contributed by atoms with Crippen molar-refractivity contribution in [3.8, 4) is 11.5 Å². The molecule has 0 aliphatic carbocycles. The molecule has 3 atom stereocenters. The average molecular weight is 966 g/mol. The van der Waals surface area contributed by atoms with Crippen LogP contribution in [-0.4, -0.2) is 61.0 Å². The molecule has 0 saturated carbocycles. The molecular weight excluding hydrogens is 915 g/mol. The smallest absolute Gasteiger partial charge is 0.322 e. The van der Waals surface area contributed by atoms with Crippen LogP contribution < -0.4 is 20.9 Å². The van der Waals surface area contributed by atoms with Crippen molar-refractivity contribution in [1.82, 2.24) is 4.98 Å². The molecule has 5 rings (SSSR count). The molecule has 4 N–H and O–H groups in total. The SMILES string of the molecule is CC.CC(N)C(=O)OC(C)C(c1ccc(F)cc1)c1ccc(F)cc1.CCC(=O)OC(C)C(c1cc(F)c(F)c(F)c1)c1cc(F)c(F)c(F)c1.COc1ccnc(C(N)=O)c1OCOC(C)=O. The molecule has 20 heteroatoms. The van der Waals surface area contributed by atoms with Crippen LogP contribution >= 0.6 is 0 Å². The summed E-state index contributed by atoms with van der Waals surface area (Å²) in [7, 11) is 1.40. The van der Waals surface area contributed by atoms with Crippen LogP contribution in [0.2, 0.25) is 0 Å². The van der Waals surface area contributed by atoms with Crippen LogP contribution in [-0.2, 0) is 28.6 Å². The zero-order chi connectivity index (χ0) is 51.4. The number of aromatic nitrogens is 1. The molecule has 3 unspecified atom stereocenters. The third kappa shape index (κ3) is 16.7. The number of hydrogen-bond acceptors (Lipinski definition) is 11. The molecular formula is C48H51F8N3O9. The molecule has 0 radical (unpaired) electrons. The van der Waals surface area contributed by atoms with Crippen LogP contribution in [0.25, 0.3) is 0 Å². The second-order valence-electron chi connectivity index (χ2n) is 14.1. The lowest BCUT2D eigenvalue weighted by atomic mass is 9.86. The molecule has 0 spiro atoms. The van der Waals surface area contributed by atoms with Gasteiger partial charge in [-0.15, -0.1) is 0 Å².